The summed E-state index contributed by atoms with van der Waals surface area (Å²) in [5, 5.41) is 6.16. The van der Waals surface area contributed by atoms with E-state index in [1.165, 1.54) is 18.5 Å². The number of hydrogen-bond acceptors (Lipinski definition) is 8. The molecule has 2 bridgehead atoms. The molecule has 8 nitrogen and oxygen atoms in total. The number of rotatable bonds is 6. The second kappa shape index (κ2) is 8.09. The predicted octanol–water partition coefficient (Wildman–Crippen LogP) is 3.93. The van der Waals surface area contributed by atoms with Crippen LogP contribution < -0.4 is 20.3 Å². The van der Waals surface area contributed by atoms with Crippen molar-refractivity contribution in [2.75, 3.05) is 29.9 Å². The molecule has 2 N–H and O–H groups in total. The first-order valence-electron chi connectivity index (χ1n) is 11.1. The van der Waals surface area contributed by atoms with Gasteiger partial charge in [-0.2, -0.15) is 0 Å². The van der Waals surface area contributed by atoms with Crippen LogP contribution in [0.4, 0.5) is 30.6 Å². The Hall–Kier alpha value is -2.92. The molecule has 1 aromatic carbocycles. The van der Waals surface area contributed by atoms with Crippen molar-refractivity contribution < 1.29 is 17.9 Å². The van der Waals surface area contributed by atoms with Crippen molar-refractivity contribution >= 4 is 40.1 Å². The van der Waals surface area contributed by atoms with Crippen LogP contribution in [0.25, 0.3) is 11.0 Å². The Bertz CT molecular complexity index is 1250. The van der Waals surface area contributed by atoms with Gasteiger partial charge in [0.15, 0.2) is 11.6 Å². The lowest BCUT2D eigenvalue weighted by Crippen LogP contribution is -2.44. The average Bonchev–Trinajstić information content (AvgIpc) is 3.44. The topological polar surface area (TPSA) is 88.1 Å². The van der Waals surface area contributed by atoms with Gasteiger partial charge in [0.2, 0.25) is 11.9 Å². The third kappa shape index (κ3) is 3.86. The largest absolute Gasteiger partial charge is 0.492 e. The molecule has 0 radical (unpaired) electrons. The number of aromatic nitrogens is 4. The van der Waals surface area contributed by atoms with Gasteiger partial charge in [-0.25, -0.2) is 33.1 Å². The van der Waals surface area contributed by atoms with Gasteiger partial charge in [-0.15, -0.1) is 0 Å². The van der Waals surface area contributed by atoms with Gasteiger partial charge in [0.25, 0.3) is 0 Å². The molecule has 2 atom stereocenters. The van der Waals surface area contributed by atoms with E-state index in [0.717, 1.165) is 19.5 Å². The molecule has 34 heavy (non-hydrogen) atoms. The Morgan fingerprint density at radius 3 is 2.82 bits per heavy atom. The quantitative estimate of drug-likeness (QED) is 0.536. The van der Waals surface area contributed by atoms with E-state index < -0.39 is 11.7 Å². The molecule has 2 aromatic heterocycles. The van der Waals surface area contributed by atoms with Crippen LogP contribution in [0, 0.1) is 11.7 Å². The lowest BCUT2D eigenvalue weighted by Gasteiger charge is -2.34. The summed E-state index contributed by atoms with van der Waals surface area (Å²) in [6, 6.07) is 3.75. The first-order valence-corrected chi connectivity index (χ1v) is 11.5. The van der Waals surface area contributed by atoms with Crippen LogP contribution in [-0.4, -0.2) is 57.6 Å². The molecular formula is C22H21ClF3N7O. The molecule has 3 aromatic rings. The summed E-state index contributed by atoms with van der Waals surface area (Å²) in [7, 11) is 0. The van der Waals surface area contributed by atoms with E-state index >= 15 is 4.39 Å². The number of fused-ring (bicyclic) bond motifs is 3. The van der Waals surface area contributed by atoms with Gasteiger partial charge in [0.1, 0.15) is 28.1 Å². The van der Waals surface area contributed by atoms with Crippen molar-refractivity contribution in [2.24, 2.45) is 5.92 Å². The molecule has 0 spiro atoms. The minimum Gasteiger partial charge on any atom is -0.492 e. The molecule has 2 aliphatic heterocycles. The lowest BCUT2D eigenvalue weighted by atomic mass is 9.82. The molecule has 2 saturated heterocycles. The van der Waals surface area contributed by atoms with Crippen LogP contribution in [0.2, 0.25) is 5.02 Å². The highest BCUT2D eigenvalue weighted by Crippen LogP contribution is 2.43. The Morgan fingerprint density at radius 2 is 2.09 bits per heavy atom. The second-order valence-electron chi connectivity index (χ2n) is 9.08. The number of anilines is 3. The second-order valence-corrected chi connectivity index (χ2v) is 9.46. The third-order valence-electron chi connectivity index (χ3n) is 6.63. The van der Waals surface area contributed by atoms with E-state index in [0.29, 0.717) is 34.9 Å². The van der Waals surface area contributed by atoms with E-state index in [-0.39, 0.29) is 41.8 Å². The van der Waals surface area contributed by atoms with Crippen molar-refractivity contribution in [3.63, 3.8) is 0 Å². The first kappa shape index (κ1) is 21.6. The standard InChI is InChI=1S/C22H21ClF3N7O/c23-17-16(34-9-11-4-22(25,26)5-11)2-1-14(18(17)24)31-20-19-15(29-10-30-20)7-28-21(32-19)33-8-12-3-13(33)6-27-12/h1-2,7,10-13,27H,3-6,8-9H2,(H,29,30,31)/t12-,13-/m0/s1. The maximum Gasteiger partial charge on any atom is 0.248 e. The lowest BCUT2D eigenvalue weighted by molar-refractivity contribution is -0.119. The fraction of sp³-hybridized carbons (Fsp3) is 0.455. The summed E-state index contributed by atoms with van der Waals surface area (Å²) < 4.78 is 46.5. The number of piperazine rings is 1. The monoisotopic (exact) mass is 491 g/mol. The van der Waals surface area contributed by atoms with Crippen LogP contribution in [0.15, 0.2) is 24.7 Å². The fourth-order valence-electron chi connectivity index (χ4n) is 4.86. The van der Waals surface area contributed by atoms with E-state index in [1.807, 2.05) is 0 Å². The highest BCUT2D eigenvalue weighted by Gasteiger charge is 2.45. The molecule has 6 rings (SSSR count). The summed E-state index contributed by atoms with van der Waals surface area (Å²) in [6.07, 6.45) is 3.58. The van der Waals surface area contributed by atoms with Crippen LogP contribution in [-0.2, 0) is 0 Å². The summed E-state index contributed by atoms with van der Waals surface area (Å²) >= 11 is 6.17. The van der Waals surface area contributed by atoms with Crippen molar-refractivity contribution in [3.05, 3.63) is 35.5 Å². The van der Waals surface area contributed by atoms with Crippen LogP contribution in [0.3, 0.4) is 0 Å². The van der Waals surface area contributed by atoms with E-state index in [4.69, 9.17) is 16.3 Å². The van der Waals surface area contributed by atoms with Crippen LogP contribution in [0.1, 0.15) is 19.3 Å². The molecule has 3 aliphatic rings. The summed E-state index contributed by atoms with van der Waals surface area (Å²) in [6.45, 7) is 1.78. The van der Waals surface area contributed by atoms with Crippen molar-refractivity contribution in [2.45, 2.75) is 37.3 Å². The Kier molecular flexibility index (Phi) is 5.14. The minimum atomic E-state index is -2.63. The maximum atomic E-state index is 15.0. The fourth-order valence-corrected chi connectivity index (χ4v) is 5.08. The van der Waals surface area contributed by atoms with Gasteiger partial charge >= 0.3 is 0 Å². The van der Waals surface area contributed by atoms with Gasteiger partial charge in [-0.1, -0.05) is 11.6 Å². The molecule has 178 valence electrons. The molecule has 4 heterocycles. The molecule has 3 fully saturated rings. The molecule has 0 unspecified atom stereocenters. The maximum absolute atomic E-state index is 15.0. The van der Waals surface area contributed by atoms with Gasteiger partial charge in [0.05, 0.1) is 18.5 Å². The van der Waals surface area contributed by atoms with Gasteiger partial charge in [0, 0.05) is 43.9 Å². The molecule has 12 heteroatoms. The zero-order chi connectivity index (χ0) is 23.4. The van der Waals surface area contributed by atoms with Crippen molar-refractivity contribution in [1.82, 2.24) is 25.3 Å². The van der Waals surface area contributed by atoms with E-state index in [9.17, 15) is 8.78 Å². The average molecular weight is 492 g/mol. The van der Waals surface area contributed by atoms with Crippen LogP contribution >= 0.6 is 11.6 Å². The third-order valence-corrected chi connectivity index (χ3v) is 6.98. The normalized spacial score (nSPS) is 23.4. The number of ether oxygens (including phenoxy) is 1. The SMILES string of the molecule is Fc1c(Nc2ncnc3cnc(N4C[C@@H]5C[C@H]4CN5)nc23)ccc(OCC2CC(F)(F)C2)c1Cl. The smallest absolute Gasteiger partial charge is 0.248 e. The number of hydrogen-bond donors (Lipinski definition) is 2. The van der Waals surface area contributed by atoms with Crippen molar-refractivity contribution in [3.8, 4) is 5.75 Å². The Balaban J connectivity index is 1.23. The highest BCUT2D eigenvalue weighted by atomic mass is 35.5. The number of alkyl halides is 2. The predicted molar refractivity (Wildman–Crippen MR) is 121 cm³/mol. The Labute approximate surface area is 197 Å². The van der Waals surface area contributed by atoms with E-state index in [2.05, 4.69) is 35.5 Å². The molecule has 0 amide bonds. The highest BCUT2D eigenvalue weighted by molar-refractivity contribution is 6.32. The first-order chi connectivity index (χ1) is 16.4. The van der Waals surface area contributed by atoms with Gasteiger partial charge < -0.3 is 20.3 Å². The number of nitrogens with zero attached hydrogens (tertiary/aromatic N) is 5. The number of halogens is 4. The van der Waals surface area contributed by atoms with Gasteiger partial charge in [-0.3, -0.25) is 0 Å². The Morgan fingerprint density at radius 1 is 1.24 bits per heavy atom. The molecule has 1 saturated carbocycles. The van der Waals surface area contributed by atoms with Crippen molar-refractivity contribution in [1.29, 1.82) is 0 Å². The number of nitrogens with one attached hydrogen (secondary N) is 2. The summed E-state index contributed by atoms with van der Waals surface area (Å²) in [5.41, 5.74) is 1.06. The zero-order valence-corrected chi connectivity index (χ0v) is 18.7. The van der Waals surface area contributed by atoms with Gasteiger partial charge in [-0.05, 0) is 18.6 Å². The summed E-state index contributed by atoms with van der Waals surface area (Å²) in [5.74, 6) is -2.63. The van der Waals surface area contributed by atoms with E-state index in [1.54, 1.807) is 6.20 Å². The minimum absolute atomic E-state index is 0.0612. The zero-order valence-electron chi connectivity index (χ0n) is 17.9. The molecule has 1 aliphatic carbocycles. The molecular weight excluding hydrogens is 471 g/mol. The summed E-state index contributed by atoms with van der Waals surface area (Å²) in [4.78, 5) is 19.8. The van der Waals surface area contributed by atoms with Crippen LogP contribution in [0.5, 0.6) is 5.75 Å². The number of benzene rings is 1.